The van der Waals surface area contributed by atoms with E-state index < -0.39 is 6.09 Å². The minimum Gasteiger partial charge on any atom is -0.465 e. The van der Waals surface area contributed by atoms with E-state index in [4.69, 9.17) is 5.11 Å². The maximum absolute atomic E-state index is 10.6. The molecule has 3 nitrogen and oxygen atoms in total. The summed E-state index contributed by atoms with van der Waals surface area (Å²) < 4.78 is 0. The molecule has 0 spiro atoms. The van der Waals surface area contributed by atoms with Crippen LogP contribution >= 0.6 is 0 Å². The molecule has 2 N–H and O–H groups in total. The van der Waals surface area contributed by atoms with Crippen LogP contribution in [-0.4, -0.2) is 17.7 Å². The minimum atomic E-state index is -0.959. The Kier molecular flexibility index (Phi) is 2.95. The number of rotatable bonds is 3. The molecule has 0 unspecified atom stereocenters. The number of carbonyl (C=O) groups is 1. The number of benzene rings is 2. The lowest BCUT2D eigenvalue weighted by Gasteiger charge is -2.13. The van der Waals surface area contributed by atoms with E-state index in [-0.39, 0.29) is 0 Å². The van der Waals surface area contributed by atoms with Crippen molar-refractivity contribution < 1.29 is 9.90 Å². The number of hydrogen-bond acceptors (Lipinski definition) is 1. The third-order valence-electron chi connectivity index (χ3n) is 3.67. The number of amides is 1. The molecule has 0 bridgehead atoms. The van der Waals surface area contributed by atoms with Crippen LogP contribution in [0, 0.1) is 0 Å². The Bertz CT molecular complexity index is 576. The van der Waals surface area contributed by atoms with Crippen LogP contribution in [0.1, 0.15) is 23.5 Å². The van der Waals surface area contributed by atoms with Crippen LogP contribution in [0.15, 0.2) is 48.5 Å². The molecule has 0 aromatic heterocycles. The lowest BCUT2D eigenvalue weighted by molar-refractivity contribution is 0.194. The second kappa shape index (κ2) is 4.76. The van der Waals surface area contributed by atoms with Crippen molar-refractivity contribution in [1.82, 2.24) is 5.32 Å². The predicted octanol–water partition coefficient (Wildman–Crippen LogP) is 3.46. The van der Waals surface area contributed by atoms with Gasteiger partial charge in [-0.2, -0.15) is 0 Å². The van der Waals surface area contributed by atoms with Gasteiger partial charge in [0.1, 0.15) is 0 Å². The Labute approximate surface area is 111 Å². The molecular formula is C16H15NO2. The van der Waals surface area contributed by atoms with Crippen molar-refractivity contribution in [3.63, 3.8) is 0 Å². The van der Waals surface area contributed by atoms with Gasteiger partial charge in [-0.3, -0.25) is 0 Å². The third-order valence-corrected chi connectivity index (χ3v) is 3.67. The molecule has 0 heterocycles. The average Bonchev–Trinajstić information content (AvgIpc) is 2.74. The maximum atomic E-state index is 10.6. The third kappa shape index (κ3) is 2.08. The van der Waals surface area contributed by atoms with Crippen LogP contribution in [0.3, 0.4) is 0 Å². The van der Waals surface area contributed by atoms with E-state index in [1.165, 1.54) is 22.3 Å². The molecule has 19 heavy (non-hydrogen) atoms. The van der Waals surface area contributed by atoms with Crippen LogP contribution in [0.25, 0.3) is 11.1 Å². The van der Waals surface area contributed by atoms with Gasteiger partial charge in [0.2, 0.25) is 0 Å². The highest BCUT2D eigenvalue weighted by Gasteiger charge is 2.27. The summed E-state index contributed by atoms with van der Waals surface area (Å²) >= 11 is 0. The largest absolute Gasteiger partial charge is 0.465 e. The Hall–Kier alpha value is -2.29. The summed E-state index contributed by atoms with van der Waals surface area (Å²) in [6.45, 7) is 0.475. The van der Waals surface area contributed by atoms with E-state index in [1.54, 1.807) is 0 Å². The molecule has 0 fully saturated rings. The van der Waals surface area contributed by atoms with Gasteiger partial charge in [0.25, 0.3) is 0 Å². The van der Waals surface area contributed by atoms with Crippen molar-refractivity contribution in [3.05, 3.63) is 59.7 Å². The lowest BCUT2D eigenvalue weighted by atomic mass is 9.94. The smallest absolute Gasteiger partial charge is 0.404 e. The standard InChI is InChI=1S/C16H15NO2/c18-16(19)17-10-9-15-13-7-3-1-5-11(13)12-6-2-4-8-14(12)15/h1-8,15,17H,9-10H2,(H,18,19). The zero-order chi connectivity index (χ0) is 13.2. The maximum Gasteiger partial charge on any atom is 0.404 e. The summed E-state index contributed by atoms with van der Waals surface area (Å²) in [4.78, 5) is 10.6. The number of hydrogen-bond donors (Lipinski definition) is 2. The number of nitrogens with one attached hydrogen (secondary N) is 1. The van der Waals surface area contributed by atoms with Crippen molar-refractivity contribution in [1.29, 1.82) is 0 Å². The first-order chi connectivity index (χ1) is 9.27. The molecule has 1 amide bonds. The first-order valence-electron chi connectivity index (χ1n) is 6.42. The highest BCUT2D eigenvalue weighted by atomic mass is 16.4. The average molecular weight is 253 g/mol. The molecule has 3 rings (SSSR count). The lowest BCUT2D eigenvalue weighted by Crippen LogP contribution is -2.23. The van der Waals surface area contributed by atoms with Gasteiger partial charge in [-0.15, -0.1) is 0 Å². The molecule has 2 aromatic rings. The summed E-state index contributed by atoms with van der Waals surface area (Å²) in [5.74, 6) is 0.291. The van der Waals surface area contributed by atoms with Gasteiger partial charge in [0, 0.05) is 12.5 Å². The summed E-state index contributed by atoms with van der Waals surface area (Å²) in [7, 11) is 0. The van der Waals surface area contributed by atoms with E-state index in [0.29, 0.717) is 12.5 Å². The van der Waals surface area contributed by atoms with E-state index in [2.05, 4.69) is 29.6 Å². The van der Waals surface area contributed by atoms with Crippen molar-refractivity contribution in [2.75, 3.05) is 6.54 Å². The molecule has 96 valence electrons. The number of carboxylic acid groups (broad SMARTS) is 1. The van der Waals surface area contributed by atoms with Gasteiger partial charge in [-0.1, -0.05) is 48.5 Å². The second-order valence-corrected chi connectivity index (χ2v) is 4.75. The highest BCUT2D eigenvalue weighted by Crippen LogP contribution is 2.45. The van der Waals surface area contributed by atoms with Crippen LogP contribution in [0.5, 0.6) is 0 Å². The Morgan fingerprint density at radius 3 is 2.05 bits per heavy atom. The zero-order valence-electron chi connectivity index (χ0n) is 10.5. The van der Waals surface area contributed by atoms with E-state index in [9.17, 15) is 4.79 Å². The normalized spacial score (nSPS) is 12.8. The quantitative estimate of drug-likeness (QED) is 0.880. The molecule has 0 atom stereocenters. The van der Waals surface area contributed by atoms with E-state index >= 15 is 0 Å². The van der Waals surface area contributed by atoms with E-state index in [0.717, 1.165) is 6.42 Å². The zero-order valence-corrected chi connectivity index (χ0v) is 10.5. The molecule has 1 aliphatic carbocycles. The summed E-state index contributed by atoms with van der Waals surface area (Å²) in [5, 5.41) is 11.1. The topological polar surface area (TPSA) is 49.3 Å². The molecular weight excluding hydrogens is 238 g/mol. The van der Waals surface area contributed by atoms with Crippen molar-refractivity contribution in [3.8, 4) is 11.1 Å². The Morgan fingerprint density at radius 1 is 1.00 bits per heavy atom. The Morgan fingerprint density at radius 2 is 1.53 bits per heavy atom. The molecule has 0 saturated heterocycles. The van der Waals surface area contributed by atoms with Crippen LogP contribution in [-0.2, 0) is 0 Å². The van der Waals surface area contributed by atoms with Crippen LogP contribution in [0.4, 0.5) is 4.79 Å². The van der Waals surface area contributed by atoms with Gasteiger partial charge in [0.15, 0.2) is 0 Å². The van der Waals surface area contributed by atoms with Crippen molar-refractivity contribution in [2.45, 2.75) is 12.3 Å². The SMILES string of the molecule is O=C(O)NCCC1c2ccccc2-c2ccccc21. The van der Waals surface area contributed by atoms with Gasteiger partial charge in [-0.25, -0.2) is 4.79 Å². The minimum absolute atomic E-state index is 0.291. The Balaban J connectivity index is 1.93. The highest BCUT2D eigenvalue weighted by molar-refractivity contribution is 5.78. The van der Waals surface area contributed by atoms with Crippen molar-refractivity contribution >= 4 is 6.09 Å². The van der Waals surface area contributed by atoms with Crippen LogP contribution in [0.2, 0.25) is 0 Å². The fourth-order valence-corrected chi connectivity index (χ4v) is 2.89. The molecule has 2 aromatic carbocycles. The van der Waals surface area contributed by atoms with Gasteiger partial charge >= 0.3 is 6.09 Å². The monoisotopic (exact) mass is 253 g/mol. The van der Waals surface area contributed by atoms with Crippen LogP contribution < -0.4 is 5.32 Å². The number of fused-ring (bicyclic) bond motifs is 3. The fraction of sp³-hybridized carbons (Fsp3) is 0.188. The fourth-order valence-electron chi connectivity index (χ4n) is 2.89. The summed E-state index contributed by atoms with van der Waals surface area (Å²) in [6, 6.07) is 16.7. The first-order valence-corrected chi connectivity index (χ1v) is 6.42. The first kappa shape index (κ1) is 11.8. The summed E-state index contributed by atoms with van der Waals surface area (Å²) in [5.41, 5.74) is 5.16. The molecule has 3 heteroatoms. The van der Waals surface area contributed by atoms with E-state index in [1.807, 2.05) is 24.3 Å². The van der Waals surface area contributed by atoms with Gasteiger partial charge in [0.05, 0.1) is 0 Å². The molecule has 0 radical (unpaired) electrons. The molecule has 0 aliphatic heterocycles. The molecule has 1 aliphatic rings. The van der Waals surface area contributed by atoms with Crippen molar-refractivity contribution in [2.24, 2.45) is 0 Å². The van der Waals surface area contributed by atoms with Gasteiger partial charge in [-0.05, 0) is 28.7 Å². The second-order valence-electron chi connectivity index (χ2n) is 4.75. The molecule has 0 saturated carbocycles. The predicted molar refractivity (Wildman–Crippen MR) is 74.4 cm³/mol. The van der Waals surface area contributed by atoms with Gasteiger partial charge < -0.3 is 10.4 Å². The summed E-state index contributed by atoms with van der Waals surface area (Å²) in [6.07, 6.45) is -0.167.